The summed E-state index contributed by atoms with van der Waals surface area (Å²) in [6.07, 6.45) is 5.29. The van der Waals surface area contributed by atoms with E-state index in [2.05, 4.69) is 89.7 Å². The average Bonchev–Trinajstić information content (AvgIpc) is 3.15. The van der Waals surface area contributed by atoms with E-state index < -0.39 is 0 Å². The highest BCUT2D eigenvalue weighted by Crippen LogP contribution is 2.42. The molecule has 5 rings (SSSR count). The molecule has 0 unspecified atom stereocenters. The third-order valence-electron chi connectivity index (χ3n) is 10.0. The summed E-state index contributed by atoms with van der Waals surface area (Å²) >= 11 is 0. The Morgan fingerprint density at radius 3 is 2.24 bits per heavy atom. The summed E-state index contributed by atoms with van der Waals surface area (Å²) in [5.41, 5.74) is 13.8. The summed E-state index contributed by atoms with van der Waals surface area (Å²) in [5, 5.41) is 5.65. The van der Waals surface area contributed by atoms with Gasteiger partial charge >= 0.3 is 0 Å². The Bertz CT molecular complexity index is 1870. The van der Waals surface area contributed by atoms with Gasteiger partial charge in [-0.25, -0.2) is 4.58 Å². The van der Waals surface area contributed by atoms with Gasteiger partial charge in [0.05, 0.1) is 6.07 Å². The molecule has 2 aromatic carbocycles. The molecule has 0 spiro atoms. The number of hydrogen-bond donors (Lipinski definition) is 0. The van der Waals surface area contributed by atoms with Crippen LogP contribution in [0.25, 0.3) is 43.9 Å². The van der Waals surface area contributed by atoms with E-state index in [4.69, 9.17) is 9.95 Å². The van der Waals surface area contributed by atoms with Crippen LogP contribution < -0.4 is 27.2 Å². The first-order valence-corrected chi connectivity index (χ1v) is 18.4. The van der Waals surface area contributed by atoms with Crippen molar-refractivity contribution >= 4 is 28.5 Å². The lowest BCUT2D eigenvalue weighted by atomic mass is 9.90. The standard InChI is InChI=1S/C40H52N7O3.ClH/c1-5-44(6-2)30-19-21-34-36(28-30)50-37-29-31(45(7-3)8-4)20-22-35(37)39(34)32-16-13-14-17-33(32)40(49)47-26-24-46(25-27-47)38(48)18-12-10-9-11-15-23-42-43-41;/h13-14,16-17,19-22,28-29H,5-12,15,18,23-27H2,1-4H3;1H/q+1;/p-1. The first-order chi connectivity index (χ1) is 24.4. The van der Waals surface area contributed by atoms with Crippen LogP contribution in [-0.2, 0) is 4.79 Å². The lowest BCUT2D eigenvalue weighted by molar-refractivity contribution is -0.132. The number of azide groups is 1. The summed E-state index contributed by atoms with van der Waals surface area (Å²) in [5.74, 6) is 0.928. The van der Waals surface area contributed by atoms with Crippen LogP contribution in [-0.4, -0.2) is 80.5 Å². The van der Waals surface area contributed by atoms with E-state index in [1.807, 2.05) is 28.0 Å². The molecule has 3 aliphatic rings. The van der Waals surface area contributed by atoms with Gasteiger partial charge in [0.25, 0.3) is 5.91 Å². The molecule has 272 valence electrons. The minimum atomic E-state index is -0.0185. The number of amides is 2. The van der Waals surface area contributed by atoms with Crippen molar-refractivity contribution in [1.29, 1.82) is 0 Å². The number of carbonyl (C=O) groups is 2. The van der Waals surface area contributed by atoms with Gasteiger partial charge in [-0.15, -0.1) is 0 Å². The summed E-state index contributed by atoms with van der Waals surface area (Å²) in [4.78, 5) is 36.1. The van der Waals surface area contributed by atoms with Crippen molar-refractivity contribution in [2.45, 2.75) is 66.2 Å². The minimum absolute atomic E-state index is 0. The van der Waals surface area contributed by atoms with Crippen LogP contribution in [0, 0.1) is 0 Å². The van der Waals surface area contributed by atoms with Crippen LogP contribution in [0.3, 0.4) is 0 Å². The van der Waals surface area contributed by atoms with Crippen molar-refractivity contribution in [3.05, 3.63) is 82.0 Å². The Labute approximate surface area is 308 Å². The summed E-state index contributed by atoms with van der Waals surface area (Å²) in [6.45, 7) is 14.8. The average molecular weight is 714 g/mol. The molecule has 1 fully saturated rings. The number of carbonyl (C=O) groups excluding carboxylic acids is 2. The zero-order valence-corrected chi connectivity index (χ0v) is 31.4. The van der Waals surface area contributed by atoms with E-state index in [9.17, 15) is 9.59 Å². The minimum Gasteiger partial charge on any atom is -1.00 e. The van der Waals surface area contributed by atoms with Gasteiger partial charge < -0.3 is 31.5 Å². The van der Waals surface area contributed by atoms with Crippen LogP contribution in [0.2, 0.25) is 0 Å². The molecule has 1 saturated heterocycles. The predicted molar refractivity (Wildman–Crippen MR) is 202 cm³/mol. The number of anilines is 1. The number of fused-ring (bicyclic) bond motifs is 2. The number of unbranched alkanes of at least 4 members (excludes halogenated alkanes) is 4. The zero-order valence-electron chi connectivity index (χ0n) is 30.6. The number of hydrogen-bond acceptors (Lipinski definition) is 5. The van der Waals surface area contributed by atoms with E-state index in [0.717, 1.165) is 103 Å². The molecule has 2 aromatic rings. The van der Waals surface area contributed by atoms with Gasteiger partial charge in [0.15, 0.2) is 0 Å². The lowest BCUT2D eigenvalue weighted by Crippen LogP contribution is -3.00. The molecule has 2 amide bonds. The fraction of sp³-hybridized carbons (Fsp3) is 0.475. The number of rotatable bonds is 15. The highest BCUT2D eigenvalue weighted by atomic mass is 35.5. The first kappa shape index (κ1) is 39.3. The SMILES string of the molecule is CCN(CC)c1ccc2c(-c3ccccc3C(=O)N3CCN(C(=O)CCCCCCCN=[N+]=[N-])CC3)c3ccc(=[N+](CC)CC)cc-3oc2c1.[Cl-]. The molecule has 0 saturated carbocycles. The smallest absolute Gasteiger partial charge is 0.254 e. The van der Waals surface area contributed by atoms with Crippen molar-refractivity contribution in [2.75, 3.05) is 63.8 Å². The van der Waals surface area contributed by atoms with E-state index in [0.29, 0.717) is 44.7 Å². The molecule has 11 heteroatoms. The van der Waals surface area contributed by atoms with Gasteiger partial charge in [-0.3, -0.25) is 9.59 Å². The topological polar surface area (TPSA) is 109 Å². The molecule has 0 N–H and O–H groups in total. The van der Waals surface area contributed by atoms with Gasteiger partial charge in [-0.2, -0.15) is 0 Å². The molecule has 0 bridgehead atoms. The maximum Gasteiger partial charge on any atom is 0.254 e. The van der Waals surface area contributed by atoms with Gasteiger partial charge in [-0.05, 0) is 75.9 Å². The number of benzene rings is 3. The van der Waals surface area contributed by atoms with Crippen molar-refractivity contribution < 1.29 is 26.4 Å². The highest BCUT2D eigenvalue weighted by molar-refractivity contribution is 6.09. The zero-order chi connectivity index (χ0) is 35.5. The van der Waals surface area contributed by atoms with Gasteiger partial charge in [0.2, 0.25) is 11.3 Å². The second-order valence-corrected chi connectivity index (χ2v) is 12.9. The van der Waals surface area contributed by atoms with E-state index >= 15 is 0 Å². The summed E-state index contributed by atoms with van der Waals surface area (Å²) in [6, 6.07) is 20.7. The van der Waals surface area contributed by atoms with Gasteiger partial charge in [-0.1, -0.05) is 42.6 Å². The fourth-order valence-electron chi connectivity index (χ4n) is 7.14. The normalized spacial score (nSPS) is 12.8. The highest BCUT2D eigenvalue weighted by Gasteiger charge is 2.28. The molecular formula is C40H52ClN7O3. The molecule has 10 nitrogen and oxygen atoms in total. The molecule has 2 heterocycles. The molecule has 0 atom stereocenters. The van der Waals surface area contributed by atoms with Crippen LogP contribution in [0.15, 0.2) is 70.2 Å². The Kier molecular flexibility index (Phi) is 14.8. The number of halogens is 1. The van der Waals surface area contributed by atoms with Crippen molar-refractivity contribution in [1.82, 2.24) is 14.4 Å². The monoisotopic (exact) mass is 713 g/mol. The largest absolute Gasteiger partial charge is 1.00 e. The Balaban J connectivity index is 0.00000583. The molecular weight excluding hydrogens is 662 g/mol. The Hall–Kier alpha value is -4.53. The predicted octanol–water partition coefficient (Wildman–Crippen LogP) is 4.80. The van der Waals surface area contributed by atoms with Gasteiger partial charge in [0, 0.05) is 97.0 Å². The van der Waals surface area contributed by atoms with Crippen LogP contribution in [0.4, 0.5) is 5.69 Å². The molecule has 0 aromatic heterocycles. The first-order valence-electron chi connectivity index (χ1n) is 18.4. The second-order valence-electron chi connectivity index (χ2n) is 12.9. The maximum absolute atomic E-state index is 14.3. The van der Waals surface area contributed by atoms with Crippen LogP contribution in [0.1, 0.15) is 76.6 Å². The Morgan fingerprint density at radius 1 is 0.843 bits per heavy atom. The maximum atomic E-state index is 14.3. The van der Waals surface area contributed by atoms with Crippen molar-refractivity contribution in [2.24, 2.45) is 5.11 Å². The third-order valence-corrected chi connectivity index (χ3v) is 10.0. The van der Waals surface area contributed by atoms with E-state index in [1.165, 1.54) is 0 Å². The molecule has 0 radical (unpaired) electrons. The van der Waals surface area contributed by atoms with Crippen LogP contribution >= 0.6 is 0 Å². The Morgan fingerprint density at radius 2 is 1.53 bits per heavy atom. The van der Waals surface area contributed by atoms with E-state index in [-0.39, 0.29) is 24.2 Å². The summed E-state index contributed by atoms with van der Waals surface area (Å²) in [7, 11) is 0. The quantitative estimate of drug-likeness (QED) is 0.0441. The fourth-order valence-corrected chi connectivity index (χ4v) is 7.14. The summed E-state index contributed by atoms with van der Waals surface area (Å²) < 4.78 is 8.99. The molecule has 2 aliphatic heterocycles. The van der Waals surface area contributed by atoms with Crippen molar-refractivity contribution in [3.8, 4) is 22.5 Å². The number of nitrogens with zero attached hydrogens (tertiary/aromatic N) is 7. The lowest BCUT2D eigenvalue weighted by Gasteiger charge is -2.35. The molecule has 51 heavy (non-hydrogen) atoms. The third kappa shape index (κ3) is 9.23. The van der Waals surface area contributed by atoms with E-state index in [1.54, 1.807) is 0 Å². The van der Waals surface area contributed by atoms with Gasteiger partial charge in [0.1, 0.15) is 24.4 Å². The van der Waals surface area contributed by atoms with Crippen LogP contribution in [0.5, 0.6) is 0 Å². The number of piperazine rings is 1. The second kappa shape index (κ2) is 19.2. The molecule has 1 aliphatic carbocycles. The van der Waals surface area contributed by atoms with Crippen molar-refractivity contribution in [3.63, 3.8) is 0 Å².